The summed E-state index contributed by atoms with van der Waals surface area (Å²) in [6.45, 7) is 6.12. The quantitative estimate of drug-likeness (QED) is 0.141. The van der Waals surface area contributed by atoms with Gasteiger partial charge in [-0.05, 0) is 121 Å². The second-order valence-electron chi connectivity index (χ2n) is 16.4. The molecule has 2 atom stereocenters. The van der Waals surface area contributed by atoms with E-state index in [1.54, 1.807) is 60.7 Å². The summed E-state index contributed by atoms with van der Waals surface area (Å²) in [7, 11) is 0. The van der Waals surface area contributed by atoms with Gasteiger partial charge in [-0.3, -0.25) is 19.2 Å². The Labute approximate surface area is 365 Å². The minimum atomic E-state index is -1.27. The molecule has 0 saturated heterocycles. The van der Waals surface area contributed by atoms with Gasteiger partial charge in [0.25, 0.3) is 0 Å². The first-order chi connectivity index (χ1) is 30.2. The maximum absolute atomic E-state index is 13.7. The number of carbonyl (C=O) groups is 4. The van der Waals surface area contributed by atoms with Crippen molar-refractivity contribution >= 4 is 56.5 Å². The van der Waals surface area contributed by atoms with E-state index < -0.39 is 40.4 Å². The third-order valence-electron chi connectivity index (χ3n) is 12.0. The van der Waals surface area contributed by atoms with E-state index in [1.165, 1.54) is 12.1 Å². The van der Waals surface area contributed by atoms with Crippen molar-refractivity contribution in [3.05, 3.63) is 189 Å². The number of ketones is 4. The Balaban J connectivity index is 0.813. The van der Waals surface area contributed by atoms with Crippen molar-refractivity contribution in [3.63, 3.8) is 0 Å². The summed E-state index contributed by atoms with van der Waals surface area (Å²) in [5.74, 6) is -2.93. The van der Waals surface area contributed by atoms with Gasteiger partial charge < -0.3 is 19.7 Å². The zero-order chi connectivity index (χ0) is 43.9. The molecular formula is C52H35ClN2O8. The van der Waals surface area contributed by atoms with Crippen LogP contribution in [-0.4, -0.2) is 43.3 Å². The lowest BCUT2D eigenvalue weighted by Crippen LogP contribution is -2.18. The molecule has 0 aliphatic heterocycles. The van der Waals surface area contributed by atoms with Crippen molar-refractivity contribution in [2.45, 2.75) is 38.0 Å². The van der Waals surface area contributed by atoms with Crippen LogP contribution in [-0.2, 0) is 5.41 Å². The average molecular weight is 851 g/mol. The lowest BCUT2D eigenvalue weighted by molar-refractivity contribution is 0.0870. The number of nitrogens with zero attached hydrogens (tertiary/aromatic N) is 2. The molecule has 2 heterocycles. The molecule has 2 aliphatic rings. The van der Waals surface area contributed by atoms with Crippen LogP contribution in [0, 0.1) is 6.92 Å². The van der Waals surface area contributed by atoms with E-state index >= 15 is 0 Å². The Kier molecular flexibility index (Phi) is 9.23. The molecule has 0 radical (unpaired) electrons. The fourth-order valence-corrected chi connectivity index (χ4v) is 8.74. The molecule has 0 spiro atoms. The van der Waals surface area contributed by atoms with Gasteiger partial charge in [0.1, 0.15) is 57.7 Å². The van der Waals surface area contributed by atoms with Crippen LogP contribution in [0.5, 0.6) is 34.5 Å². The van der Waals surface area contributed by atoms with Crippen LogP contribution in [0.15, 0.2) is 133 Å². The van der Waals surface area contributed by atoms with E-state index in [0.717, 1.165) is 22.1 Å². The topological polar surface area (TPSA) is 153 Å². The van der Waals surface area contributed by atoms with Crippen LogP contribution < -0.4 is 9.47 Å². The molecule has 11 heteroatoms. The van der Waals surface area contributed by atoms with Crippen molar-refractivity contribution in [2.75, 3.05) is 0 Å². The summed E-state index contributed by atoms with van der Waals surface area (Å²) in [5.41, 5.74) is 4.60. The Hall–Kier alpha value is -7.69. The van der Waals surface area contributed by atoms with Crippen LogP contribution in [0.25, 0.3) is 21.8 Å². The van der Waals surface area contributed by atoms with Gasteiger partial charge in [0, 0.05) is 43.5 Å². The summed E-state index contributed by atoms with van der Waals surface area (Å²) in [6.07, 6.45) is 0. The SMILES string of the molecule is Cc1ccc2nc(C3C(=O)c4ccc(Oc5ccc(C(C)(C)c6ccc(Oc7ccc8c(c7)C(=O)C(c7nc9ccc(Cl)cc9cc7O)C8=O)cc6)cc5)cc4C3=O)c(O)cc2c1. The van der Waals surface area contributed by atoms with Crippen LogP contribution in [0.1, 0.15) is 95.2 Å². The molecule has 0 fully saturated rings. The fraction of sp³-hybridized carbons (Fsp3) is 0.115. The second-order valence-corrected chi connectivity index (χ2v) is 16.9. The number of aromatic hydroxyl groups is 2. The van der Waals surface area contributed by atoms with Crippen LogP contribution in [0.3, 0.4) is 0 Å². The van der Waals surface area contributed by atoms with Crippen LogP contribution in [0.2, 0.25) is 5.02 Å². The highest BCUT2D eigenvalue weighted by Crippen LogP contribution is 2.42. The van der Waals surface area contributed by atoms with Crippen molar-refractivity contribution in [1.82, 2.24) is 9.97 Å². The van der Waals surface area contributed by atoms with E-state index in [-0.39, 0.29) is 45.1 Å². The molecule has 8 aromatic rings. The monoisotopic (exact) mass is 850 g/mol. The highest BCUT2D eigenvalue weighted by Gasteiger charge is 2.43. The molecule has 0 amide bonds. The van der Waals surface area contributed by atoms with Gasteiger partial charge in [-0.1, -0.05) is 61.3 Å². The highest BCUT2D eigenvalue weighted by atomic mass is 35.5. The fourth-order valence-electron chi connectivity index (χ4n) is 8.56. The van der Waals surface area contributed by atoms with E-state index in [1.807, 2.05) is 67.6 Å². The number of hydrogen-bond donors (Lipinski definition) is 2. The molecule has 2 N–H and O–H groups in total. The highest BCUT2D eigenvalue weighted by molar-refractivity contribution is 6.32. The number of pyridine rings is 2. The predicted molar refractivity (Wildman–Crippen MR) is 237 cm³/mol. The van der Waals surface area contributed by atoms with Crippen molar-refractivity contribution in [3.8, 4) is 34.5 Å². The molecule has 0 bridgehead atoms. The van der Waals surface area contributed by atoms with Crippen LogP contribution in [0.4, 0.5) is 0 Å². The van der Waals surface area contributed by atoms with Crippen molar-refractivity contribution in [1.29, 1.82) is 0 Å². The molecular weight excluding hydrogens is 816 g/mol. The number of aryl methyl sites for hydroxylation is 1. The number of halogens is 1. The van der Waals surface area contributed by atoms with Gasteiger partial charge in [-0.2, -0.15) is 0 Å². The number of ether oxygens (including phenoxy) is 2. The molecule has 308 valence electrons. The van der Waals surface area contributed by atoms with E-state index in [9.17, 15) is 29.4 Å². The first-order valence-electron chi connectivity index (χ1n) is 20.1. The number of aromatic nitrogens is 2. The summed E-state index contributed by atoms with van der Waals surface area (Å²) < 4.78 is 12.3. The number of rotatable bonds is 8. The Bertz CT molecular complexity index is 3070. The van der Waals surface area contributed by atoms with Gasteiger partial charge in [-0.15, -0.1) is 0 Å². The predicted octanol–water partition coefficient (Wildman–Crippen LogP) is 11.4. The standard InChI is InChI=1S/C52H35ClN2O8/c1-26-4-18-40-27(20-26)22-42(56)46(54-40)44-48(58)36-16-14-34(24-38(36)50(44)60)62-32-10-5-29(6-11-32)52(2,3)30-7-12-33(13-8-30)63-35-15-17-37-39(25-35)51(61)45(49(37)59)47-43(57)23-28-21-31(53)9-19-41(28)55-47/h4-25,44-45,56-57H,1-3H3. The molecule has 10 rings (SSSR count). The van der Waals surface area contributed by atoms with Crippen molar-refractivity contribution in [2.24, 2.45) is 0 Å². The third-order valence-corrected chi connectivity index (χ3v) is 12.3. The number of hydrogen-bond acceptors (Lipinski definition) is 10. The first-order valence-corrected chi connectivity index (χ1v) is 20.5. The summed E-state index contributed by atoms with van der Waals surface area (Å²) in [6, 6.07) is 38.3. The molecule has 2 aromatic heterocycles. The number of carbonyl (C=O) groups excluding carboxylic acids is 4. The zero-order valence-electron chi connectivity index (χ0n) is 34.0. The van der Waals surface area contributed by atoms with Gasteiger partial charge in [0.2, 0.25) is 0 Å². The normalized spacial score (nSPS) is 15.9. The lowest BCUT2D eigenvalue weighted by Gasteiger charge is -2.26. The summed E-state index contributed by atoms with van der Waals surface area (Å²) >= 11 is 6.09. The number of Topliss-reactive ketones (excluding diaryl/α,β-unsaturated/α-hetero) is 4. The minimum Gasteiger partial charge on any atom is -0.506 e. The molecule has 6 aromatic carbocycles. The second kappa shape index (κ2) is 14.7. The van der Waals surface area contributed by atoms with Crippen molar-refractivity contribution < 1.29 is 38.9 Å². The lowest BCUT2D eigenvalue weighted by atomic mass is 9.78. The largest absolute Gasteiger partial charge is 0.506 e. The van der Waals surface area contributed by atoms with Gasteiger partial charge in [0.05, 0.1) is 11.0 Å². The average Bonchev–Trinajstić information content (AvgIpc) is 3.66. The third kappa shape index (κ3) is 6.76. The maximum Gasteiger partial charge on any atom is 0.180 e. The molecule has 0 saturated carbocycles. The maximum atomic E-state index is 13.7. The van der Waals surface area contributed by atoms with E-state index in [0.29, 0.717) is 44.4 Å². The number of benzene rings is 6. The summed E-state index contributed by atoms with van der Waals surface area (Å²) in [4.78, 5) is 63.2. The van der Waals surface area contributed by atoms with E-state index in [4.69, 9.17) is 21.1 Å². The molecule has 2 aliphatic carbocycles. The van der Waals surface area contributed by atoms with E-state index in [2.05, 4.69) is 23.8 Å². The van der Waals surface area contributed by atoms with Gasteiger partial charge in [0.15, 0.2) is 23.1 Å². The summed E-state index contributed by atoms with van der Waals surface area (Å²) in [5, 5.41) is 23.4. The first kappa shape index (κ1) is 39.4. The molecule has 2 unspecified atom stereocenters. The van der Waals surface area contributed by atoms with Gasteiger partial charge >= 0.3 is 0 Å². The smallest absolute Gasteiger partial charge is 0.180 e. The Morgan fingerprint density at radius 1 is 0.492 bits per heavy atom. The minimum absolute atomic E-state index is 0.00258. The molecule has 63 heavy (non-hydrogen) atoms. The Morgan fingerprint density at radius 3 is 1.38 bits per heavy atom. The number of fused-ring (bicyclic) bond motifs is 4. The van der Waals surface area contributed by atoms with Gasteiger partial charge in [-0.25, -0.2) is 9.97 Å². The zero-order valence-corrected chi connectivity index (χ0v) is 34.7. The Morgan fingerprint density at radius 2 is 0.905 bits per heavy atom. The molecule has 10 nitrogen and oxygen atoms in total. The van der Waals surface area contributed by atoms with Crippen LogP contribution >= 0.6 is 11.6 Å².